The van der Waals surface area contributed by atoms with Crippen LogP contribution in [-0.4, -0.2) is 48.5 Å². The standard InChI is InChI=1S/C20H26N2O5S2/c1-12(16(26-5)9-17(23)27-6)15(25-4)8-7-13-10-28-18(21-13)14-11-29-19(22-14)20(2,3)24/h7-12,15,24H,1-6H3/b8-7+,16-9+/t12-,15+/m1/s1. The molecule has 0 spiro atoms. The summed E-state index contributed by atoms with van der Waals surface area (Å²) in [4.78, 5) is 20.6. The molecule has 0 aliphatic heterocycles. The maximum Gasteiger partial charge on any atom is 0.333 e. The topological polar surface area (TPSA) is 90.8 Å². The molecule has 0 saturated heterocycles. The Morgan fingerprint density at radius 3 is 2.45 bits per heavy atom. The molecule has 9 heteroatoms. The van der Waals surface area contributed by atoms with E-state index in [1.807, 2.05) is 29.8 Å². The van der Waals surface area contributed by atoms with Crippen molar-refractivity contribution in [2.24, 2.45) is 5.92 Å². The van der Waals surface area contributed by atoms with Crippen LogP contribution in [0.25, 0.3) is 16.8 Å². The number of hydrogen-bond donors (Lipinski definition) is 1. The molecule has 0 bridgehead atoms. The van der Waals surface area contributed by atoms with Gasteiger partial charge in [0, 0.05) is 23.8 Å². The molecule has 1 N–H and O–H groups in total. The molecule has 0 aliphatic rings. The van der Waals surface area contributed by atoms with Crippen LogP contribution in [0.3, 0.4) is 0 Å². The van der Waals surface area contributed by atoms with Crippen LogP contribution in [0.5, 0.6) is 0 Å². The molecule has 2 atom stereocenters. The molecule has 0 aliphatic carbocycles. The van der Waals surface area contributed by atoms with Crippen molar-refractivity contribution >= 4 is 34.7 Å². The van der Waals surface area contributed by atoms with Crippen molar-refractivity contribution in [3.63, 3.8) is 0 Å². The van der Waals surface area contributed by atoms with Gasteiger partial charge in [-0.3, -0.25) is 0 Å². The van der Waals surface area contributed by atoms with E-state index in [1.165, 1.54) is 43.0 Å². The molecule has 29 heavy (non-hydrogen) atoms. The molecular formula is C20H26N2O5S2. The molecule has 158 valence electrons. The average Bonchev–Trinajstić information content (AvgIpc) is 3.35. The Bertz CT molecular complexity index is 880. The van der Waals surface area contributed by atoms with Gasteiger partial charge in [0.2, 0.25) is 0 Å². The van der Waals surface area contributed by atoms with Gasteiger partial charge in [0.1, 0.15) is 27.1 Å². The van der Waals surface area contributed by atoms with E-state index in [0.717, 1.165) is 16.4 Å². The highest BCUT2D eigenvalue weighted by Gasteiger charge is 2.22. The molecule has 0 radical (unpaired) electrons. The second-order valence-corrected chi connectivity index (χ2v) is 8.51. The number of methoxy groups -OCH3 is 3. The van der Waals surface area contributed by atoms with Crippen LogP contribution in [0.15, 0.2) is 28.7 Å². The van der Waals surface area contributed by atoms with Crippen LogP contribution in [-0.2, 0) is 24.6 Å². The molecule has 0 amide bonds. The van der Waals surface area contributed by atoms with Gasteiger partial charge < -0.3 is 19.3 Å². The van der Waals surface area contributed by atoms with Crippen LogP contribution in [0.1, 0.15) is 31.5 Å². The number of carbonyl (C=O) groups is 1. The fourth-order valence-corrected chi connectivity index (χ4v) is 4.14. The first-order chi connectivity index (χ1) is 13.7. The lowest BCUT2D eigenvalue weighted by Crippen LogP contribution is -2.21. The van der Waals surface area contributed by atoms with E-state index in [0.29, 0.717) is 10.8 Å². The number of aromatic nitrogens is 2. The van der Waals surface area contributed by atoms with E-state index in [-0.39, 0.29) is 12.0 Å². The SMILES string of the molecule is COC(=O)/C=C(/OC)[C@H](C)[C@H](/C=C/c1csc(-c2csc(C(C)(C)O)n2)n1)OC. The number of esters is 1. The van der Waals surface area contributed by atoms with Crippen LogP contribution < -0.4 is 0 Å². The lowest BCUT2D eigenvalue weighted by molar-refractivity contribution is -0.135. The van der Waals surface area contributed by atoms with E-state index >= 15 is 0 Å². The third-order valence-electron chi connectivity index (χ3n) is 4.14. The lowest BCUT2D eigenvalue weighted by atomic mass is 10.0. The van der Waals surface area contributed by atoms with Gasteiger partial charge >= 0.3 is 5.97 Å². The Kier molecular flexibility index (Phi) is 8.09. The summed E-state index contributed by atoms with van der Waals surface area (Å²) in [5, 5.41) is 15.3. The highest BCUT2D eigenvalue weighted by molar-refractivity contribution is 7.14. The fourth-order valence-electron chi connectivity index (χ4n) is 2.49. The minimum Gasteiger partial charge on any atom is -0.500 e. The van der Waals surface area contributed by atoms with Gasteiger partial charge in [0.25, 0.3) is 0 Å². The molecule has 0 aromatic carbocycles. The van der Waals surface area contributed by atoms with Crippen molar-refractivity contribution in [1.29, 1.82) is 0 Å². The summed E-state index contributed by atoms with van der Waals surface area (Å²) < 4.78 is 15.5. The predicted molar refractivity (Wildman–Crippen MR) is 115 cm³/mol. The first kappa shape index (κ1) is 23.2. The van der Waals surface area contributed by atoms with Gasteiger partial charge in [0.05, 0.1) is 32.1 Å². The Hall–Kier alpha value is -2.07. The summed E-state index contributed by atoms with van der Waals surface area (Å²) in [7, 11) is 4.41. The molecule has 2 aromatic rings. The van der Waals surface area contributed by atoms with Gasteiger partial charge in [-0.05, 0) is 19.9 Å². The number of hydrogen-bond acceptors (Lipinski definition) is 9. The number of carbonyl (C=O) groups excluding carboxylic acids is 1. The third-order valence-corrected chi connectivity index (χ3v) is 6.17. The summed E-state index contributed by atoms with van der Waals surface area (Å²) in [6, 6.07) is 0. The van der Waals surface area contributed by atoms with Crippen molar-refractivity contribution in [2.75, 3.05) is 21.3 Å². The van der Waals surface area contributed by atoms with Gasteiger partial charge in [-0.25, -0.2) is 14.8 Å². The molecule has 2 heterocycles. The highest BCUT2D eigenvalue weighted by atomic mass is 32.1. The monoisotopic (exact) mass is 438 g/mol. The second-order valence-electron chi connectivity index (χ2n) is 6.80. The first-order valence-electron chi connectivity index (χ1n) is 8.88. The molecule has 7 nitrogen and oxygen atoms in total. The minimum absolute atomic E-state index is 0.202. The zero-order valence-corrected chi connectivity index (χ0v) is 19.0. The summed E-state index contributed by atoms with van der Waals surface area (Å²) in [6.45, 7) is 5.32. The molecular weight excluding hydrogens is 412 g/mol. The van der Waals surface area contributed by atoms with E-state index in [9.17, 15) is 9.90 Å². The summed E-state index contributed by atoms with van der Waals surface area (Å²) in [5.74, 6) is -0.217. The Morgan fingerprint density at radius 2 is 1.90 bits per heavy atom. The normalized spacial score (nSPS) is 14.8. The smallest absolute Gasteiger partial charge is 0.333 e. The lowest BCUT2D eigenvalue weighted by Gasteiger charge is -2.21. The average molecular weight is 439 g/mol. The van der Waals surface area contributed by atoms with Gasteiger partial charge in [-0.1, -0.05) is 13.0 Å². The van der Waals surface area contributed by atoms with Crippen molar-refractivity contribution in [3.05, 3.63) is 39.4 Å². The van der Waals surface area contributed by atoms with Gasteiger partial charge in [-0.15, -0.1) is 22.7 Å². The molecule has 2 aromatic heterocycles. The highest BCUT2D eigenvalue weighted by Crippen LogP contribution is 2.30. The molecule has 0 saturated carbocycles. The second kappa shape index (κ2) is 10.1. The number of rotatable bonds is 9. The number of thiazole rings is 2. The number of aliphatic hydroxyl groups is 1. The predicted octanol–water partition coefficient (Wildman–Crippen LogP) is 3.86. The van der Waals surface area contributed by atoms with Crippen molar-refractivity contribution in [3.8, 4) is 10.7 Å². The van der Waals surface area contributed by atoms with Gasteiger partial charge in [-0.2, -0.15) is 0 Å². The molecule has 0 unspecified atom stereocenters. The van der Waals surface area contributed by atoms with Crippen molar-refractivity contribution in [1.82, 2.24) is 9.97 Å². The van der Waals surface area contributed by atoms with Crippen LogP contribution in [0.4, 0.5) is 0 Å². The fraction of sp³-hybridized carbons (Fsp3) is 0.450. The molecule has 2 rings (SSSR count). The van der Waals surface area contributed by atoms with E-state index < -0.39 is 11.6 Å². The van der Waals surface area contributed by atoms with Crippen LogP contribution in [0, 0.1) is 5.92 Å². The van der Waals surface area contributed by atoms with E-state index in [2.05, 4.69) is 14.7 Å². The first-order valence-corrected chi connectivity index (χ1v) is 10.6. The maximum absolute atomic E-state index is 11.5. The zero-order valence-electron chi connectivity index (χ0n) is 17.3. The minimum atomic E-state index is -0.971. The summed E-state index contributed by atoms with van der Waals surface area (Å²) in [6.07, 6.45) is 4.72. The van der Waals surface area contributed by atoms with Gasteiger partial charge in [0.15, 0.2) is 0 Å². The van der Waals surface area contributed by atoms with E-state index in [1.54, 1.807) is 21.0 Å². The largest absolute Gasteiger partial charge is 0.500 e. The van der Waals surface area contributed by atoms with Crippen LogP contribution >= 0.6 is 22.7 Å². The van der Waals surface area contributed by atoms with Crippen LogP contribution in [0.2, 0.25) is 0 Å². The van der Waals surface area contributed by atoms with Crippen molar-refractivity contribution < 1.29 is 24.1 Å². The van der Waals surface area contributed by atoms with Crippen molar-refractivity contribution in [2.45, 2.75) is 32.5 Å². The third kappa shape index (κ3) is 6.20. The Balaban J connectivity index is 2.15. The Labute approximate surface area is 178 Å². The summed E-state index contributed by atoms with van der Waals surface area (Å²) in [5.41, 5.74) is 0.547. The zero-order chi connectivity index (χ0) is 21.6. The maximum atomic E-state index is 11.5. The van der Waals surface area contributed by atoms with E-state index in [4.69, 9.17) is 9.47 Å². The number of nitrogens with zero attached hydrogens (tertiary/aromatic N) is 2. The number of ether oxygens (including phenoxy) is 3. The Morgan fingerprint density at radius 1 is 1.17 bits per heavy atom. The summed E-state index contributed by atoms with van der Waals surface area (Å²) >= 11 is 2.89. The quantitative estimate of drug-likeness (QED) is 0.361. The molecule has 0 fully saturated rings.